The molecule has 1 aliphatic carbocycles. The molecule has 0 aliphatic heterocycles. The monoisotopic (exact) mass is 454 g/mol. The van der Waals surface area contributed by atoms with Gasteiger partial charge in [-0.25, -0.2) is 0 Å². The van der Waals surface area contributed by atoms with Gasteiger partial charge in [-0.05, 0) is 49.9 Å². The third-order valence-corrected chi connectivity index (χ3v) is 7.00. The Balaban J connectivity index is 2.61. The van der Waals surface area contributed by atoms with E-state index in [1.165, 1.54) is 6.92 Å². The highest BCUT2D eigenvalue weighted by Gasteiger charge is 2.49. The van der Waals surface area contributed by atoms with E-state index < -0.39 is 30.1 Å². The lowest BCUT2D eigenvalue weighted by atomic mass is 9.53. The number of hydrogen-bond acceptors (Lipinski definition) is 7. The Kier molecular flexibility index (Phi) is 11.0. The second-order valence-corrected chi connectivity index (χ2v) is 10.4. The van der Waals surface area contributed by atoms with Crippen LogP contribution in [0.5, 0.6) is 0 Å². The molecule has 0 amide bonds. The lowest BCUT2D eigenvalue weighted by Gasteiger charge is -2.50. The number of carbonyl (C=O) groups is 4. The average Bonchev–Trinajstić information content (AvgIpc) is 2.67. The SMILES string of the molecule is CC(=O)CCC1C(C)(C)CCCC1(C)C(=O)CCC(C)CC(=O)OCC(CO)OC(C)=O. The second kappa shape index (κ2) is 12.5. The van der Waals surface area contributed by atoms with Gasteiger partial charge in [0.1, 0.15) is 18.2 Å². The normalized spacial score (nSPS) is 24.3. The van der Waals surface area contributed by atoms with E-state index in [4.69, 9.17) is 14.6 Å². The first kappa shape index (κ1) is 28.3. The minimum Gasteiger partial charge on any atom is -0.462 e. The van der Waals surface area contributed by atoms with Crippen LogP contribution in [0.15, 0.2) is 0 Å². The molecule has 0 aromatic carbocycles. The average molecular weight is 455 g/mol. The van der Waals surface area contributed by atoms with Gasteiger partial charge in [0.2, 0.25) is 0 Å². The first-order valence-electron chi connectivity index (χ1n) is 11.8. The van der Waals surface area contributed by atoms with Gasteiger partial charge in [-0.15, -0.1) is 0 Å². The van der Waals surface area contributed by atoms with Crippen LogP contribution < -0.4 is 0 Å². The lowest BCUT2D eigenvalue weighted by Crippen LogP contribution is -2.47. The fourth-order valence-electron chi connectivity index (χ4n) is 5.17. The zero-order valence-corrected chi connectivity index (χ0v) is 20.7. The quantitative estimate of drug-likeness (QED) is 0.419. The summed E-state index contributed by atoms with van der Waals surface area (Å²) in [7, 11) is 0. The number of ketones is 2. The predicted molar refractivity (Wildman–Crippen MR) is 121 cm³/mol. The van der Waals surface area contributed by atoms with Gasteiger partial charge in [0.05, 0.1) is 6.61 Å². The zero-order chi connectivity index (χ0) is 24.5. The molecule has 7 nitrogen and oxygen atoms in total. The van der Waals surface area contributed by atoms with Crippen molar-refractivity contribution >= 4 is 23.5 Å². The lowest BCUT2D eigenvalue weighted by molar-refractivity contribution is -0.160. The molecular formula is C25H42O7. The molecule has 4 atom stereocenters. The number of hydrogen-bond donors (Lipinski definition) is 1. The van der Waals surface area contributed by atoms with Crippen molar-refractivity contribution < 1.29 is 33.8 Å². The van der Waals surface area contributed by atoms with Gasteiger partial charge in [0.25, 0.3) is 0 Å². The van der Waals surface area contributed by atoms with E-state index in [9.17, 15) is 19.2 Å². The maximum absolute atomic E-state index is 13.3. The highest BCUT2D eigenvalue weighted by atomic mass is 16.6. The molecule has 0 aromatic heterocycles. The zero-order valence-electron chi connectivity index (χ0n) is 20.7. The number of aliphatic hydroxyl groups excluding tert-OH is 1. The molecule has 4 unspecified atom stereocenters. The molecule has 0 aromatic rings. The van der Waals surface area contributed by atoms with Gasteiger partial charge in [-0.3, -0.25) is 14.4 Å². The van der Waals surface area contributed by atoms with Crippen molar-refractivity contribution in [3.63, 3.8) is 0 Å². The summed E-state index contributed by atoms with van der Waals surface area (Å²) in [5, 5.41) is 9.17. The maximum atomic E-state index is 13.3. The van der Waals surface area contributed by atoms with Crippen LogP contribution in [0.3, 0.4) is 0 Å². The van der Waals surface area contributed by atoms with E-state index in [0.29, 0.717) is 19.3 Å². The van der Waals surface area contributed by atoms with Gasteiger partial charge in [-0.2, -0.15) is 0 Å². The number of aliphatic hydroxyl groups is 1. The molecule has 0 heterocycles. The van der Waals surface area contributed by atoms with Crippen molar-refractivity contribution in [2.45, 2.75) is 99.0 Å². The number of ether oxygens (including phenoxy) is 2. The summed E-state index contributed by atoms with van der Waals surface area (Å²) < 4.78 is 9.96. The molecule has 0 bridgehead atoms. The van der Waals surface area contributed by atoms with E-state index in [2.05, 4.69) is 20.8 Å². The van der Waals surface area contributed by atoms with Gasteiger partial charge >= 0.3 is 11.9 Å². The summed E-state index contributed by atoms with van der Waals surface area (Å²) in [6.07, 6.45) is 4.40. The number of carbonyl (C=O) groups excluding carboxylic acids is 4. The van der Waals surface area contributed by atoms with Crippen molar-refractivity contribution in [1.29, 1.82) is 0 Å². The maximum Gasteiger partial charge on any atom is 0.306 e. The Hall–Kier alpha value is -1.76. The Morgan fingerprint density at radius 2 is 1.72 bits per heavy atom. The van der Waals surface area contributed by atoms with E-state index in [-0.39, 0.29) is 41.8 Å². The van der Waals surface area contributed by atoms with E-state index in [1.54, 1.807) is 6.92 Å². The van der Waals surface area contributed by atoms with Crippen LogP contribution >= 0.6 is 0 Å². The molecule has 0 radical (unpaired) electrons. The number of rotatable bonds is 13. The summed E-state index contributed by atoms with van der Waals surface area (Å²) in [5.41, 5.74) is -0.436. The first-order valence-corrected chi connectivity index (χ1v) is 11.8. The molecule has 1 fully saturated rings. The van der Waals surface area contributed by atoms with Crippen LogP contribution in [0, 0.1) is 22.7 Å². The molecule has 1 N–H and O–H groups in total. The van der Waals surface area contributed by atoms with Crippen LogP contribution in [0.25, 0.3) is 0 Å². The summed E-state index contributed by atoms with van der Waals surface area (Å²) in [6.45, 7) is 10.6. The molecule has 1 saturated carbocycles. The van der Waals surface area contributed by atoms with Gasteiger partial charge in [0, 0.05) is 31.6 Å². The van der Waals surface area contributed by atoms with Crippen LogP contribution in [-0.4, -0.2) is 47.9 Å². The van der Waals surface area contributed by atoms with Gasteiger partial charge in [-0.1, -0.05) is 34.1 Å². The third kappa shape index (κ3) is 8.64. The van der Waals surface area contributed by atoms with Crippen molar-refractivity contribution in [1.82, 2.24) is 0 Å². The van der Waals surface area contributed by atoms with Gasteiger partial charge in [0.15, 0.2) is 6.10 Å². The topological polar surface area (TPSA) is 107 Å². The summed E-state index contributed by atoms with van der Waals surface area (Å²) in [6, 6.07) is 0. The Bertz CT molecular complexity index is 669. The predicted octanol–water partition coefficient (Wildman–Crippen LogP) is 4.03. The van der Waals surface area contributed by atoms with Crippen LogP contribution in [0.4, 0.5) is 0 Å². The third-order valence-electron chi connectivity index (χ3n) is 7.00. The molecule has 184 valence electrons. The Labute approximate surface area is 192 Å². The standard InChI is InChI=1S/C25H42O7/c1-17(14-23(30)31-16-20(15-26)32-19(3)28)8-11-22(29)25(6)13-7-12-24(4,5)21(25)10-9-18(2)27/h17,20-21,26H,7-16H2,1-6H3. The molecule has 32 heavy (non-hydrogen) atoms. The van der Waals surface area contributed by atoms with Crippen molar-refractivity contribution in [2.24, 2.45) is 22.7 Å². The summed E-state index contributed by atoms with van der Waals surface area (Å²) in [5.74, 6) is -0.492. The number of Topliss-reactive ketones (excluding diaryl/α,β-unsaturated/α-hetero) is 2. The highest BCUT2D eigenvalue weighted by molar-refractivity contribution is 5.85. The first-order chi connectivity index (χ1) is 14.8. The van der Waals surface area contributed by atoms with Crippen LogP contribution in [0.2, 0.25) is 0 Å². The van der Waals surface area contributed by atoms with Crippen molar-refractivity contribution in [3.05, 3.63) is 0 Å². The van der Waals surface area contributed by atoms with Crippen molar-refractivity contribution in [2.75, 3.05) is 13.2 Å². The minimum absolute atomic E-state index is 0.0126. The highest BCUT2D eigenvalue weighted by Crippen LogP contribution is 2.54. The summed E-state index contributed by atoms with van der Waals surface area (Å²) in [4.78, 5) is 48.0. The molecule has 0 spiro atoms. The second-order valence-electron chi connectivity index (χ2n) is 10.4. The molecule has 1 rings (SSSR count). The summed E-state index contributed by atoms with van der Waals surface area (Å²) >= 11 is 0. The molecule has 0 saturated heterocycles. The van der Waals surface area contributed by atoms with Crippen LogP contribution in [0.1, 0.15) is 92.9 Å². The molecule has 1 aliphatic rings. The molecule has 7 heteroatoms. The Morgan fingerprint density at radius 1 is 1.06 bits per heavy atom. The minimum atomic E-state index is -0.866. The van der Waals surface area contributed by atoms with Crippen LogP contribution in [-0.2, 0) is 28.7 Å². The fourth-order valence-corrected chi connectivity index (χ4v) is 5.17. The van der Waals surface area contributed by atoms with E-state index >= 15 is 0 Å². The fraction of sp³-hybridized carbons (Fsp3) is 0.840. The van der Waals surface area contributed by atoms with E-state index in [0.717, 1.165) is 25.7 Å². The van der Waals surface area contributed by atoms with Crippen molar-refractivity contribution in [3.8, 4) is 0 Å². The smallest absolute Gasteiger partial charge is 0.306 e. The Morgan fingerprint density at radius 3 is 2.28 bits per heavy atom. The molecular weight excluding hydrogens is 412 g/mol. The largest absolute Gasteiger partial charge is 0.462 e. The van der Waals surface area contributed by atoms with Gasteiger partial charge < -0.3 is 19.4 Å². The van der Waals surface area contributed by atoms with E-state index in [1.807, 2.05) is 6.92 Å². The number of esters is 2.